The van der Waals surface area contributed by atoms with Crippen molar-refractivity contribution in [2.45, 2.75) is 70.6 Å². The molecule has 7 aliphatic rings. The van der Waals surface area contributed by atoms with Gasteiger partial charge in [0.05, 0.1) is 12.5 Å². The molecular weight excluding hydrogens is 1370 g/mol. The molecule has 0 aromatic carbocycles. The highest BCUT2D eigenvalue weighted by molar-refractivity contribution is 6.16. The van der Waals surface area contributed by atoms with E-state index in [-0.39, 0.29) is 142 Å². The number of amides is 17. The number of nitrogens with one attached hydrogen (secondary N) is 3. The Morgan fingerprint density at radius 3 is 0.874 bits per heavy atom. The molecule has 0 unspecified atom stereocenters. The number of hydrogen-bond donors (Lipinski definition) is 6. The van der Waals surface area contributed by atoms with Crippen LogP contribution in [0, 0.1) is 16.2 Å². The molecule has 39 heteroatoms. The maximum Gasteiger partial charge on any atom is 0.333 e. The lowest BCUT2D eigenvalue weighted by Gasteiger charge is -2.40. The fourth-order valence-electron chi connectivity index (χ4n) is 10.8. The van der Waals surface area contributed by atoms with Crippen LogP contribution in [0.5, 0.6) is 0 Å². The van der Waals surface area contributed by atoms with Gasteiger partial charge in [-0.3, -0.25) is 130 Å². The minimum absolute atomic E-state index is 0.0183. The van der Waals surface area contributed by atoms with Gasteiger partial charge in [0.15, 0.2) is 0 Å². The molecule has 7 heterocycles. The van der Waals surface area contributed by atoms with Crippen LogP contribution in [0.15, 0.2) is 110 Å². The second kappa shape index (κ2) is 37.7. The van der Waals surface area contributed by atoms with Crippen molar-refractivity contribution in [1.29, 1.82) is 0 Å². The number of hydrogen-bond acceptors (Lipinski definition) is 26. The quantitative estimate of drug-likeness (QED) is 0.0148. The summed E-state index contributed by atoms with van der Waals surface area (Å²) in [6.07, 6.45) is 16.6. The van der Waals surface area contributed by atoms with Gasteiger partial charge in [0.2, 0.25) is 17.7 Å². The first kappa shape index (κ1) is 80.6. The van der Waals surface area contributed by atoms with E-state index < -0.39 is 141 Å². The Bertz CT molecular complexity index is 3460. The molecule has 7 rings (SSSR count). The van der Waals surface area contributed by atoms with E-state index in [1.165, 1.54) is 0 Å². The van der Waals surface area contributed by atoms with Gasteiger partial charge >= 0.3 is 23.9 Å². The van der Waals surface area contributed by atoms with E-state index in [1.54, 1.807) is 0 Å². The first-order chi connectivity index (χ1) is 48.7. The molecule has 0 atom stereocenters. The third-order valence-corrected chi connectivity index (χ3v) is 15.8. The SMILES string of the molecule is O=C(CCCC(CN1C(=O)C=CC1=O)(CN1C(=O)C=CC1=O)CN1C(=O)C=CC1=O)ON1C(=O)CCC1=O.O=C(O)CCCC(CN1C(=O)C=CC1=O)(CN1C(=O)C=CC1=O)CN1C(=O)C=CC1=O.O=CO/C=C\C(=O)NCC(CCCC(=O)O)(CNC(=O)/C=C\OC=O)CNC(=O)/C=C\C(=O)O. The molecule has 0 aliphatic carbocycles. The third-order valence-electron chi connectivity index (χ3n) is 15.8. The zero-order valence-corrected chi connectivity index (χ0v) is 54.3. The van der Waals surface area contributed by atoms with Crippen molar-refractivity contribution in [3.05, 3.63) is 110 Å². The van der Waals surface area contributed by atoms with E-state index >= 15 is 0 Å². The van der Waals surface area contributed by atoms with Crippen molar-refractivity contribution >= 4 is 137 Å². The van der Waals surface area contributed by atoms with E-state index in [4.69, 9.17) is 20.2 Å². The lowest BCUT2D eigenvalue weighted by molar-refractivity contribution is -0.197. The molecule has 0 aromatic rings. The number of aliphatic carboxylic acids is 3. The van der Waals surface area contributed by atoms with Crippen molar-refractivity contribution in [3.8, 4) is 0 Å². The summed E-state index contributed by atoms with van der Waals surface area (Å²) in [5, 5.41) is 34.5. The molecule has 103 heavy (non-hydrogen) atoms. The van der Waals surface area contributed by atoms with Crippen LogP contribution >= 0.6 is 0 Å². The van der Waals surface area contributed by atoms with Gasteiger partial charge in [-0.25, -0.2) is 9.59 Å². The summed E-state index contributed by atoms with van der Waals surface area (Å²) in [7, 11) is 0. The molecule has 6 N–H and O–H groups in total. The largest absolute Gasteiger partial charge is 0.481 e. The fourth-order valence-corrected chi connectivity index (χ4v) is 10.8. The number of nitrogens with zero attached hydrogens (tertiary/aromatic N) is 7. The number of imide groups is 7. The Labute approximate surface area is 581 Å². The minimum Gasteiger partial charge on any atom is -0.481 e. The number of carbonyl (C=O) groups excluding carboxylic acids is 20. The standard InChI is InChI=1S/C24H22N4O10.C20H25N3O11.C20H19N3O8/c29-15-3-4-16(30)25(15)12-24(13-26-17(31)5-6-18(26)32,14-27-19(33)7-8-20(27)34)11-1-2-23(37)38-28-21(35)9-10-22(28)36;24-13-33-8-5-16(27)22-11-20(7-1-2-18(29)30,10-21-15(26)3-4-19(31)32)12-23-17(28)6-9-34-14-25;24-13-3-4-14(25)21(13)10-20(9-1-2-19(30)31,11-22-15(26)5-6-16(22)27)12-23-17(28)7-8-18(23)29/h3-8H,1-2,9-14H2;3-6,8-9,13-14H,1-2,7,10-12H2,(H,21,26)(H,22,27)(H,23,28)(H,29,30)(H,31,32);3-8H,1-2,9-12H2,(H,30,31)/b;4-3-,8-5-,9-6-;. The van der Waals surface area contributed by atoms with Crippen molar-refractivity contribution in [2.75, 3.05) is 58.9 Å². The molecule has 0 bridgehead atoms. The van der Waals surface area contributed by atoms with Gasteiger partial charge in [0.1, 0.15) is 0 Å². The Morgan fingerprint density at radius 2 is 0.621 bits per heavy atom. The molecule has 0 radical (unpaired) electrons. The third kappa shape index (κ3) is 24.4. The average molecular weight is 1440 g/mol. The molecule has 1 fully saturated rings. The first-order valence-corrected chi connectivity index (χ1v) is 30.7. The predicted octanol–water partition coefficient (Wildman–Crippen LogP) is -3.88. The zero-order chi connectivity index (χ0) is 76.2. The minimum atomic E-state index is -1.43. The Kier molecular flexibility index (Phi) is 29.5. The van der Waals surface area contributed by atoms with Gasteiger partial charge in [-0.15, -0.1) is 5.06 Å². The van der Waals surface area contributed by atoms with Crippen LogP contribution in [0.25, 0.3) is 0 Å². The first-order valence-electron chi connectivity index (χ1n) is 30.7. The summed E-state index contributed by atoms with van der Waals surface area (Å²) in [6, 6.07) is 0. The second-order valence-electron chi connectivity index (χ2n) is 23.4. The molecule has 0 saturated carbocycles. The van der Waals surface area contributed by atoms with E-state index in [1.807, 2.05) is 0 Å². The monoisotopic (exact) mass is 1440 g/mol. The van der Waals surface area contributed by atoms with Crippen molar-refractivity contribution in [3.63, 3.8) is 0 Å². The number of rotatable bonds is 39. The normalized spacial score (nSPS) is 16.4. The summed E-state index contributed by atoms with van der Waals surface area (Å²) in [6.45, 7) is -2.45. The van der Waals surface area contributed by atoms with Crippen LogP contribution in [-0.2, 0) is 125 Å². The lowest BCUT2D eigenvalue weighted by Crippen LogP contribution is -2.54. The van der Waals surface area contributed by atoms with Gasteiger partial charge in [0.25, 0.3) is 95.6 Å². The molecule has 546 valence electrons. The maximum atomic E-state index is 12.4. The van der Waals surface area contributed by atoms with Gasteiger partial charge < -0.3 is 45.6 Å². The van der Waals surface area contributed by atoms with Crippen LogP contribution in [-0.4, -0.2) is 246 Å². The smallest absolute Gasteiger partial charge is 0.333 e. The molecule has 1 saturated heterocycles. The summed E-state index contributed by atoms with van der Waals surface area (Å²) in [5.74, 6) is -15.7. The second-order valence-corrected chi connectivity index (χ2v) is 23.4. The fraction of sp³-hybridized carbons (Fsp3) is 0.359. The topological polar surface area (TPSA) is 540 Å². The number of hydroxylamine groups is 2. The van der Waals surface area contributed by atoms with Crippen molar-refractivity contribution in [1.82, 2.24) is 50.4 Å². The summed E-state index contributed by atoms with van der Waals surface area (Å²) < 4.78 is 8.55. The van der Waals surface area contributed by atoms with Crippen LogP contribution in [0.2, 0.25) is 0 Å². The van der Waals surface area contributed by atoms with E-state index in [2.05, 4.69) is 25.4 Å². The summed E-state index contributed by atoms with van der Waals surface area (Å²) in [5.41, 5.74) is -3.86. The summed E-state index contributed by atoms with van der Waals surface area (Å²) >= 11 is 0. The predicted molar refractivity (Wildman–Crippen MR) is 335 cm³/mol. The van der Waals surface area contributed by atoms with E-state index in [0.29, 0.717) is 11.1 Å². The average Bonchev–Trinajstić information content (AvgIpc) is 1.72. The molecule has 0 spiro atoms. The van der Waals surface area contributed by atoms with Crippen LogP contribution < -0.4 is 16.0 Å². The number of ether oxygens (including phenoxy) is 2. The lowest BCUT2D eigenvalue weighted by atomic mass is 9.80. The summed E-state index contributed by atoms with van der Waals surface area (Å²) in [4.78, 5) is 282. The molecular formula is C64H66N10O29. The number of carboxylic acid groups (broad SMARTS) is 3. The van der Waals surface area contributed by atoms with Gasteiger partial charge in [-0.2, -0.15) is 0 Å². The molecule has 17 amide bonds. The highest BCUT2D eigenvalue weighted by atomic mass is 16.7. The van der Waals surface area contributed by atoms with E-state index in [0.717, 1.165) is 133 Å². The van der Waals surface area contributed by atoms with Crippen molar-refractivity contribution < 1.29 is 140 Å². The van der Waals surface area contributed by atoms with Gasteiger partial charge in [-0.05, 0) is 38.5 Å². The highest BCUT2D eigenvalue weighted by Gasteiger charge is 2.47. The van der Waals surface area contributed by atoms with Crippen LogP contribution in [0.3, 0.4) is 0 Å². The Balaban J connectivity index is 0.000000280. The maximum absolute atomic E-state index is 12.4. The Morgan fingerprint density at radius 1 is 0.369 bits per heavy atom. The van der Waals surface area contributed by atoms with Crippen molar-refractivity contribution in [2.24, 2.45) is 16.2 Å². The zero-order valence-electron chi connectivity index (χ0n) is 54.3. The molecule has 7 aliphatic heterocycles. The van der Waals surface area contributed by atoms with Crippen LogP contribution in [0.4, 0.5) is 0 Å². The van der Waals surface area contributed by atoms with E-state index in [9.17, 15) is 110 Å². The number of carbonyl (C=O) groups is 23. The van der Waals surface area contributed by atoms with Gasteiger partial charge in [0, 0.05) is 204 Å². The molecule has 0 aromatic heterocycles. The highest BCUT2D eigenvalue weighted by Crippen LogP contribution is 2.35. The van der Waals surface area contributed by atoms with Crippen LogP contribution in [0.1, 0.15) is 70.6 Å². The Hall–Kier alpha value is -13.1. The number of carboxylic acids is 3. The molecule has 39 nitrogen and oxygen atoms in total. The van der Waals surface area contributed by atoms with Gasteiger partial charge in [-0.1, -0.05) is 0 Å².